The first-order valence-electron chi connectivity index (χ1n) is 8.12. The molecule has 23 heavy (non-hydrogen) atoms. The molecule has 1 saturated heterocycles. The second-order valence-electron chi connectivity index (χ2n) is 5.82. The van der Waals surface area contributed by atoms with Gasteiger partial charge in [-0.15, -0.1) is 0 Å². The van der Waals surface area contributed by atoms with Crippen molar-refractivity contribution in [3.8, 4) is 0 Å². The zero-order valence-electron chi connectivity index (χ0n) is 14.2. The monoisotopic (exact) mass is 323 g/mol. The van der Waals surface area contributed by atoms with E-state index in [4.69, 9.17) is 14.2 Å². The third kappa shape index (κ3) is 3.93. The van der Waals surface area contributed by atoms with Crippen LogP contribution in [0.1, 0.15) is 40.5 Å². The van der Waals surface area contributed by atoms with Gasteiger partial charge in [-0.05, 0) is 13.3 Å². The van der Waals surface area contributed by atoms with Gasteiger partial charge in [0.2, 0.25) is 0 Å². The van der Waals surface area contributed by atoms with Gasteiger partial charge in [0.05, 0.1) is 18.3 Å². The normalized spacial score (nSPS) is 30.1. The highest BCUT2D eigenvalue weighted by Gasteiger charge is 2.45. The summed E-state index contributed by atoms with van der Waals surface area (Å²) in [6, 6.07) is 0. The Morgan fingerprint density at radius 3 is 2.74 bits per heavy atom. The van der Waals surface area contributed by atoms with E-state index in [-0.39, 0.29) is 30.1 Å². The zero-order valence-corrected chi connectivity index (χ0v) is 14.2. The molecule has 128 valence electrons. The molecule has 6 nitrogen and oxygen atoms in total. The predicted molar refractivity (Wildman–Crippen MR) is 84.0 cm³/mol. The summed E-state index contributed by atoms with van der Waals surface area (Å²) in [6.07, 6.45) is 6.02. The Kier molecular flexibility index (Phi) is 5.82. The van der Waals surface area contributed by atoms with Crippen molar-refractivity contribution >= 4 is 11.9 Å². The van der Waals surface area contributed by atoms with Gasteiger partial charge in [0.1, 0.15) is 0 Å². The fraction of sp³-hybridized carbons (Fsp3) is 0.647. The van der Waals surface area contributed by atoms with Crippen molar-refractivity contribution in [3.05, 3.63) is 24.0 Å². The Balaban J connectivity index is 2.19. The molecule has 0 amide bonds. The number of carbonyl (C=O) groups is 2. The maximum absolute atomic E-state index is 11.9. The van der Waals surface area contributed by atoms with Crippen LogP contribution in [0.2, 0.25) is 0 Å². The number of carbonyl (C=O) groups excluding carboxylic acids is 2. The smallest absolute Gasteiger partial charge is 0.335 e. The quantitative estimate of drug-likeness (QED) is 0.724. The lowest BCUT2D eigenvalue weighted by Crippen LogP contribution is -2.40. The van der Waals surface area contributed by atoms with Crippen molar-refractivity contribution in [2.45, 2.75) is 59.0 Å². The van der Waals surface area contributed by atoms with Crippen LogP contribution in [0.3, 0.4) is 0 Å². The molecule has 0 aromatic heterocycles. The first kappa shape index (κ1) is 17.5. The number of ether oxygens (including phenoxy) is 3. The molecule has 2 aliphatic rings. The molecule has 0 radical (unpaired) electrons. The van der Waals surface area contributed by atoms with Crippen LogP contribution in [0.5, 0.6) is 0 Å². The molecule has 0 unspecified atom stereocenters. The van der Waals surface area contributed by atoms with Gasteiger partial charge < -0.3 is 19.1 Å². The van der Waals surface area contributed by atoms with Crippen molar-refractivity contribution in [1.29, 1.82) is 0 Å². The lowest BCUT2D eigenvalue weighted by molar-refractivity contribution is -0.154. The van der Waals surface area contributed by atoms with Crippen LogP contribution in [0.4, 0.5) is 0 Å². The lowest BCUT2D eigenvalue weighted by Gasteiger charge is -2.30. The molecule has 6 heteroatoms. The Hall–Kier alpha value is -1.82. The van der Waals surface area contributed by atoms with E-state index in [9.17, 15) is 9.59 Å². The second-order valence-corrected chi connectivity index (χ2v) is 5.82. The maximum Gasteiger partial charge on any atom is 0.335 e. The largest absolute Gasteiger partial charge is 0.463 e. The maximum atomic E-state index is 11.9. The zero-order chi connectivity index (χ0) is 17.0. The first-order chi connectivity index (χ1) is 11.0. The van der Waals surface area contributed by atoms with Crippen molar-refractivity contribution in [2.24, 2.45) is 5.92 Å². The van der Waals surface area contributed by atoms with Gasteiger partial charge in [-0.2, -0.15) is 0 Å². The Morgan fingerprint density at radius 1 is 1.39 bits per heavy atom. The molecule has 0 N–H and O–H groups in total. The second kappa shape index (κ2) is 7.64. The number of hydrogen-bond acceptors (Lipinski definition) is 6. The van der Waals surface area contributed by atoms with Gasteiger partial charge >= 0.3 is 11.9 Å². The summed E-state index contributed by atoms with van der Waals surface area (Å²) in [7, 11) is 0. The van der Waals surface area contributed by atoms with Gasteiger partial charge in [0, 0.05) is 31.7 Å². The first-order valence-corrected chi connectivity index (χ1v) is 8.12. The molecular weight excluding hydrogens is 298 g/mol. The Morgan fingerprint density at radius 2 is 2.13 bits per heavy atom. The fourth-order valence-electron chi connectivity index (χ4n) is 3.01. The Bertz CT molecular complexity index is 513. The molecule has 0 saturated carbocycles. The molecule has 2 aliphatic heterocycles. The van der Waals surface area contributed by atoms with Crippen LogP contribution in [0, 0.1) is 5.92 Å². The van der Waals surface area contributed by atoms with E-state index >= 15 is 0 Å². The van der Waals surface area contributed by atoms with E-state index in [1.54, 1.807) is 18.0 Å². The van der Waals surface area contributed by atoms with E-state index in [1.807, 2.05) is 26.1 Å². The van der Waals surface area contributed by atoms with Crippen molar-refractivity contribution in [3.63, 3.8) is 0 Å². The summed E-state index contributed by atoms with van der Waals surface area (Å²) < 4.78 is 16.6. The Labute approximate surface area is 137 Å². The summed E-state index contributed by atoms with van der Waals surface area (Å²) in [5, 5.41) is 0. The van der Waals surface area contributed by atoms with Crippen LogP contribution in [0.25, 0.3) is 0 Å². The van der Waals surface area contributed by atoms with E-state index < -0.39 is 6.23 Å². The average molecular weight is 323 g/mol. The number of esters is 2. The van der Waals surface area contributed by atoms with Crippen LogP contribution in [0.15, 0.2) is 24.0 Å². The van der Waals surface area contributed by atoms with Crippen LogP contribution in [-0.2, 0) is 23.8 Å². The van der Waals surface area contributed by atoms with Gasteiger partial charge in [-0.25, -0.2) is 4.79 Å². The van der Waals surface area contributed by atoms with E-state index in [0.717, 1.165) is 6.42 Å². The molecule has 0 bridgehead atoms. The number of allylic oxidation sites excluding steroid dienone is 1. The van der Waals surface area contributed by atoms with Crippen LogP contribution >= 0.6 is 0 Å². The van der Waals surface area contributed by atoms with Gasteiger partial charge in [-0.3, -0.25) is 4.79 Å². The van der Waals surface area contributed by atoms with Crippen molar-refractivity contribution < 1.29 is 23.8 Å². The molecule has 0 spiro atoms. The van der Waals surface area contributed by atoms with E-state index in [1.165, 1.54) is 6.92 Å². The van der Waals surface area contributed by atoms with Crippen LogP contribution in [-0.4, -0.2) is 41.9 Å². The van der Waals surface area contributed by atoms with Gasteiger partial charge in [0.25, 0.3) is 0 Å². The van der Waals surface area contributed by atoms with Crippen molar-refractivity contribution in [2.75, 3.05) is 6.61 Å². The molecule has 0 aliphatic carbocycles. The summed E-state index contributed by atoms with van der Waals surface area (Å²) in [5.74, 6) is -0.574. The van der Waals surface area contributed by atoms with Gasteiger partial charge in [-0.1, -0.05) is 19.9 Å². The standard InChI is InChI=1S/C17H25NO5/c1-5-14-11(3)15(22-12(4)19)16(23-14)18-9-7-8-13(10-18)17(20)21-6-2/h7,9-11,14-16H,5-6,8H2,1-4H3/t11-,14-,15-,16-/m1/s1. The summed E-state index contributed by atoms with van der Waals surface area (Å²) in [6.45, 7) is 7.57. The highest BCUT2D eigenvalue weighted by Crippen LogP contribution is 2.34. The molecule has 2 rings (SSSR count). The summed E-state index contributed by atoms with van der Waals surface area (Å²) in [5.41, 5.74) is 0.562. The highest BCUT2D eigenvalue weighted by molar-refractivity contribution is 5.88. The SMILES string of the molecule is CCOC(=O)C1=CN([C@@H]2O[C@H](CC)[C@@H](C)[C@H]2OC(C)=O)C=CC1. The van der Waals surface area contributed by atoms with Crippen molar-refractivity contribution in [1.82, 2.24) is 4.90 Å². The minimum atomic E-state index is -0.431. The molecule has 2 heterocycles. The van der Waals surface area contributed by atoms with Gasteiger partial charge in [0.15, 0.2) is 12.3 Å². The number of nitrogens with zero attached hydrogens (tertiary/aromatic N) is 1. The third-order valence-corrected chi connectivity index (χ3v) is 4.16. The minimum Gasteiger partial charge on any atom is -0.463 e. The van der Waals surface area contributed by atoms with E-state index in [0.29, 0.717) is 18.6 Å². The molecule has 0 aromatic carbocycles. The third-order valence-electron chi connectivity index (χ3n) is 4.16. The predicted octanol–water partition coefficient (Wildman–Crippen LogP) is 2.36. The van der Waals surface area contributed by atoms with Crippen LogP contribution < -0.4 is 0 Å². The summed E-state index contributed by atoms with van der Waals surface area (Å²) >= 11 is 0. The molecule has 1 fully saturated rings. The highest BCUT2D eigenvalue weighted by atomic mass is 16.6. The lowest BCUT2D eigenvalue weighted by atomic mass is 9.98. The molecule has 0 aromatic rings. The number of hydrogen-bond donors (Lipinski definition) is 0. The molecular formula is C17H25NO5. The summed E-state index contributed by atoms with van der Waals surface area (Å²) in [4.78, 5) is 25.1. The topological polar surface area (TPSA) is 65.1 Å². The van der Waals surface area contributed by atoms with E-state index in [2.05, 4.69) is 0 Å². The fourth-order valence-corrected chi connectivity index (χ4v) is 3.01. The minimum absolute atomic E-state index is 0.0131. The average Bonchev–Trinajstić information content (AvgIpc) is 2.84. The molecule has 4 atom stereocenters. The number of rotatable bonds is 5.